The Morgan fingerprint density at radius 1 is 1.09 bits per heavy atom. The number of anilines is 1. The van der Waals surface area contributed by atoms with E-state index in [-0.39, 0.29) is 17.8 Å². The van der Waals surface area contributed by atoms with Gasteiger partial charge in [0.05, 0.1) is 10.6 Å². The minimum atomic E-state index is -0.658. The van der Waals surface area contributed by atoms with Crippen molar-refractivity contribution in [2.75, 3.05) is 4.90 Å². The normalized spacial score (nSPS) is 15.2. The van der Waals surface area contributed by atoms with Crippen molar-refractivity contribution in [1.29, 1.82) is 0 Å². The number of thiophene rings is 1. The van der Waals surface area contributed by atoms with E-state index >= 15 is 0 Å². The summed E-state index contributed by atoms with van der Waals surface area (Å²) in [5, 5.41) is 5.28. The third kappa shape index (κ3) is 4.94. The van der Waals surface area contributed by atoms with Crippen molar-refractivity contribution >= 4 is 28.6 Å². The highest BCUT2D eigenvalue weighted by atomic mass is 32.1. The molecule has 1 unspecified atom stereocenters. The molecule has 1 heterocycles. The molecule has 32 heavy (non-hydrogen) atoms. The first-order valence-electron chi connectivity index (χ1n) is 11.2. The first kappa shape index (κ1) is 22.3. The molecule has 0 aliphatic heterocycles. The van der Waals surface area contributed by atoms with Gasteiger partial charge in [0.1, 0.15) is 11.9 Å². The SMILES string of the molecule is C=C(c1cccs1)N(c1cccc(F)c1)C(C(=O)NC1CCCCC1)c1ccccc1C. The largest absolute Gasteiger partial charge is 0.351 e. The Morgan fingerprint density at radius 2 is 1.88 bits per heavy atom. The highest BCUT2D eigenvalue weighted by Gasteiger charge is 2.33. The van der Waals surface area contributed by atoms with E-state index < -0.39 is 6.04 Å². The first-order valence-corrected chi connectivity index (χ1v) is 12.1. The van der Waals surface area contributed by atoms with Crippen molar-refractivity contribution in [3.05, 3.63) is 94.4 Å². The third-order valence-corrected chi connectivity index (χ3v) is 7.04. The van der Waals surface area contributed by atoms with Gasteiger partial charge in [-0.1, -0.05) is 62.2 Å². The van der Waals surface area contributed by atoms with Crippen molar-refractivity contribution < 1.29 is 9.18 Å². The summed E-state index contributed by atoms with van der Waals surface area (Å²) >= 11 is 1.56. The highest BCUT2D eigenvalue weighted by molar-refractivity contribution is 7.11. The van der Waals surface area contributed by atoms with Crippen molar-refractivity contribution in [2.24, 2.45) is 0 Å². The van der Waals surface area contributed by atoms with Crippen LogP contribution in [0.2, 0.25) is 0 Å². The molecule has 2 aromatic carbocycles. The van der Waals surface area contributed by atoms with Gasteiger partial charge in [0.15, 0.2) is 0 Å². The number of amides is 1. The van der Waals surface area contributed by atoms with Gasteiger partial charge in [0.2, 0.25) is 5.91 Å². The van der Waals surface area contributed by atoms with E-state index in [1.807, 2.05) is 59.7 Å². The number of hydrogen-bond donors (Lipinski definition) is 1. The molecule has 1 amide bonds. The quantitative estimate of drug-likeness (QED) is 0.428. The molecule has 1 aromatic heterocycles. The summed E-state index contributed by atoms with van der Waals surface area (Å²) in [4.78, 5) is 16.7. The van der Waals surface area contributed by atoms with E-state index in [1.165, 1.54) is 18.6 Å². The molecular formula is C27H29FN2OS. The predicted molar refractivity (Wildman–Crippen MR) is 131 cm³/mol. The third-order valence-electron chi connectivity index (χ3n) is 6.12. The van der Waals surface area contributed by atoms with E-state index in [0.29, 0.717) is 11.4 Å². The second kappa shape index (κ2) is 10.1. The van der Waals surface area contributed by atoms with E-state index in [0.717, 1.165) is 41.7 Å². The Kier molecular flexibility index (Phi) is 7.05. The molecule has 1 atom stereocenters. The lowest BCUT2D eigenvalue weighted by atomic mass is 9.93. The zero-order chi connectivity index (χ0) is 22.5. The van der Waals surface area contributed by atoms with Crippen molar-refractivity contribution in [3.63, 3.8) is 0 Å². The molecule has 0 saturated heterocycles. The molecule has 1 N–H and O–H groups in total. The van der Waals surface area contributed by atoms with Gasteiger partial charge in [-0.15, -0.1) is 11.3 Å². The second-order valence-electron chi connectivity index (χ2n) is 8.38. The predicted octanol–water partition coefficient (Wildman–Crippen LogP) is 6.86. The van der Waals surface area contributed by atoms with Gasteiger partial charge in [-0.05, 0) is 60.5 Å². The standard InChI is InChI=1S/C27H29FN2OS/c1-19-10-6-7-15-24(19)26(27(31)29-22-12-4-3-5-13-22)30(20(2)25-16-9-17-32-25)23-14-8-11-21(28)18-23/h6-11,14-18,22,26H,2-5,12-13H2,1H3,(H,29,31). The summed E-state index contributed by atoms with van der Waals surface area (Å²) < 4.78 is 14.3. The Balaban J connectivity index is 1.81. The van der Waals surface area contributed by atoms with Crippen LogP contribution in [0, 0.1) is 12.7 Å². The number of benzene rings is 2. The van der Waals surface area contributed by atoms with Gasteiger partial charge in [-0.25, -0.2) is 4.39 Å². The minimum absolute atomic E-state index is 0.0758. The Bertz CT molecular complexity index is 1070. The Labute approximate surface area is 193 Å². The van der Waals surface area contributed by atoms with E-state index in [9.17, 15) is 9.18 Å². The molecule has 0 radical (unpaired) electrons. The van der Waals surface area contributed by atoms with E-state index in [4.69, 9.17) is 0 Å². The van der Waals surface area contributed by atoms with Crippen LogP contribution in [0.5, 0.6) is 0 Å². The summed E-state index contributed by atoms with van der Waals surface area (Å²) in [6.45, 7) is 6.35. The van der Waals surface area contributed by atoms with Gasteiger partial charge in [0, 0.05) is 11.7 Å². The van der Waals surface area contributed by atoms with Gasteiger partial charge in [-0.3, -0.25) is 4.79 Å². The number of aryl methyl sites for hydroxylation is 1. The summed E-state index contributed by atoms with van der Waals surface area (Å²) in [5.41, 5.74) is 3.19. The number of hydrogen-bond acceptors (Lipinski definition) is 3. The lowest BCUT2D eigenvalue weighted by molar-refractivity contribution is -0.123. The maximum atomic E-state index is 14.3. The number of carbonyl (C=O) groups is 1. The van der Waals surface area contributed by atoms with Gasteiger partial charge >= 0.3 is 0 Å². The number of carbonyl (C=O) groups excluding carboxylic acids is 1. The summed E-state index contributed by atoms with van der Waals surface area (Å²) in [7, 11) is 0. The Hall–Kier alpha value is -2.92. The van der Waals surface area contributed by atoms with Crippen molar-refractivity contribution in [2.45, 2.75) is 51.1 Å². The summed E-state index contributed by atoms with van der Waals surface area (Å²) in [6, 6.07) is 17.8. The van der Waals surface area contributed by atoms with Crippen LogP contribution in [0.4, 0.5) is 10.1 Å². The summed E-state index contributed by atoms with van der Waals surface area (Å²) in [5.74, 6) is -0.420. The molecule has 166 valence electrons. The molecule has 1 aliphatic rings. The lowest BCUT2D eigenvalue weighted by Gasteiger charge is -2.36. The van der Waals surface area contributed by atoms with Crippen molar-refractivity contribution in [1.82, 2.24) is 5.32 Å². The number of nitrogens with zero attached hydrogens (tertiary/aromatic N) is 1. The second-order valence-corrected chi connectivity index (χ2v) is 9.32. The fraction of sp³-hybridized carbons (Fsp3) is 0.296. The smallest absolute Gasteiger partial charge is 0.247 e. The molecule has 3 aromatic rings. The Morgan fingerprint density at radius 3 is 2.56 bits per heavy atom. The van der Waals surface area contributed by atoms with E-state index in [2.05, 4.69) is 11.9 Å². The zero-order valence-electron chi connectivity index (χ0n) is 18.4. The van der Waals surface area contributed by atoms with Crippen LogP contribution in [0.25, 0.3) is 5.70 Å². The van der Waals surface area contributed by atoms with Crippen LogP contribution in [0.15, 0.2) is 72.6 Å². The number of nitrogens with one attached hydrogen (secondary N) is 1. The van der Waals surface area contributed by atoms with Gasteiger partial charge < -0.3 is 10.2 Å². The molecule has 3 nitrogen and oxygen atoms in total. The molecule has 0 bridgehead atoms. The topological polar surface area (TPSA) is 32.3 Å². The lowest BCUT2D eigenvalue weighted by Crippen LogP contribution is -2.45. The molecule has 1 saturated carbocycles. The van der Waals surface area contributed by atoms with Crippen LogP contribution < -0.4 is 10.2 Å². The molecular weight excluding hydrogens is 419 g/mol. The molecule has 1 fully saturated rings. The van der Waals surface area contributed by atoms with Crippen LogP contribution in [-0.4, -0.2) is 11.9 Å². The average Bonchev–Trinajstić information content (AvgIpc) is 3.33. The molecule has 0 spiro atoms. The van der Waals surface area contributed by atoms with Crippen molar-refractivity contribution in [3.8, 4) is 0 Å². The number of rotatable bonds is 7. The van der Waals surface area contributed by atoms with Crippen LogP contribution in [0.1, 0.15) is 54.1 Å². The van der Waals surface area contributed by atoms with Gasteiger partial charge in [-0.2, -0.15) is 0 Å². The van der Waals surface area contributed by atoms with Crippen LogP contribution in [0.3, 0.4) is 0 Å². The summed E-state index contributed by atoms with van der Waals surface area (Å²) in [6.07, 6.45) is 5.49. The maximum absolute atomic E-state index is 14.3. The monoisotopic (exact) mass is 448 g/mol. The molecule has 5 heteroatoms. The minimum Gasteiger partial charge on any atom is -0.351 e. The fourth-order valence-electron chi connectivity index (χ4n) is 4.47. The zero-order valence-corrected chi connectivity index (χ0v) is 19.2. The van der Waals surface area contributed by atoms with E-state index in [1.54, 1.807) is 17.4 Å². The van der Waals surface area contributed by atoms with Gasteiger partial charge in [0.25, 0.3) is 0 Å². The van der Waals surface area contributed by atoms with Crippen LogP contribution >= 0.6 is 11.3 Å². The van der Waals surface area contributed by atoms with Crippen LogP contribution in [-0.2, 0) is 4.79 Å². The molecule has 4 rings (SSSR count). The first-order chi connectivity index (χ1) is 15.5. The maximum Gasteiger partial charge on any atom is 0.247 e. The fourth-order valence-corrected chi connectivity index (χ4v) is 5.16. The molecule has 1 aliphatic carbocycles. The average molecular weight is 449 g/mol. The highest BCUT2D eigenvalue weighted by Crippen LogP contribution is 2.37. The number of halogens is 1.